The van der Waals surface area contributed by atoms with Crippen LogP contribution in [0.2, 0.25) is 0 Å². The van der Waals surface area contributed by atoms with Crippen LogP contribution in [0.1, 0.15) is 31.7 Å². The van der Waals surface area contributed by atoms with Crippen LogP contribution in [0.5, 0.6) is 0 Å². The summed E-state index contributed by atoms with van der Waals surface area (Å²) in [7, 11) is 0. The Morgan fingerprint density at radius 1 is 1.38 bits per heavy atom. The van der Waals surface area contributed by atoms with E-state index in [4.69, 9.17) is 4.74 Å². The van der Waals surface area contributed by atoms with Crippen LogP contribution in [0.4, 0.5) is 0 Å². The molecule has 1 fully saturated rings. The summed E-state index contributed by atoms with van der Waals surface area (Å²) < 4.78 is 5.80. The second kappa shape index (κ2) is 8.74. The van der Waals surface area contributed by atoms with E-state index in [0.29, 0.717) is 32.2 Å². The second-order valence-corrected chi connectivity index (χ2v) is 5.33. The van der Waals surface area contributed by atoms with E-state index < -0.39 is 0 Å². The normalized spacial score (nSPS) is 15.9. The summed E-state index contributed by atoms with van der Waals surface area (Å²) in [6, 6.07) is 3.89. The summed E-state index contributed by atoms with van der Waals surface area (Å²) in [4.78, 5) is 18.1. The van der Waals surface area contributed by atoms with Gasteiger partial charge in [0.05, 0.1) is 19.1 Å². The number of hydrogen-bond acceptors (Lipinski definition) is 4. The van der Waals surface area contributed by atoms with Crippen LogP contribution in [0, 0.1) is 0 Å². The zero-order valence-corrected chi connectivity index (χ0v) is 12.8. The molecule has 0 spiro atoms. The van der Waals surface area contributed by atoms with Crippen molar-refractivity contribution in [3.05, 3.63) is 30.1 Å². The maximum atomic E-state index is 12.2. The molecule has 5 nitrogen and oxygen atoms in total. The highest BCUT2D eigenvalue weighted by Gasteiger charge is 2.16. The number of hydrogen-bond donors (Lipinski definition) is 1. The number of piperidine rings is 1. The Labute approximate surface area is 126 Å². The van der Waals surface area contributed by atoms with Crippen molar-refractivity contribution in [3.8, 4) is 0 Å². The maximum absolute atomic E-state index is 12.2. The van der Waals surface area contributed by atoms with Crippen LogP contribution < -0.4 is 5.32 Å². The highest BCUT2D eigenvalue weighted by Crippen LogP contribution is 2.09. The minimum absolute atomic E-state index is 0.156. The van der Waals surface area contributed by atoms with Crippen LogP contribution in [-0.4, -0.2) is 48.1 Å². The van der Waals surface area contributed by atoms with E-state index in [1.807, 2.05) is 24.0 Å². The molecule has 1 aliphatic rings. The fraction of sp³-hybridized carbons (Fsp3) is 0.625. The first-order valence-electron chi connectivity index (χ1n) is 7.78. The van der Waals surface area contributed by atoms with Gasteiger partial charge in [0, 0.05) is 25.5 Å². The highest BCUT2D eigenvalue weighted by molar-refractivity contribution is 5.76. The van der Waals surface area contributed by atoms with Gasteiger partial charge in [-0.2, -0.15) is 0 Å². The summed E-state index contributed by atoms with van der Waals surface area (Å²) in [5, 5.41) is 3.31. The Balaban J connectivity index is 1.72. The van der Waals surface area contributed by atoms with Crippen molar-refractivity contribution in [1.82, 2.24) is 15.2 Å². The first kappa shape index (κ1) is 15.9. The largest absolute Gasteiger partial charge is 0.378 e. The van der Waals surface area contributed by atoms with Gasteiger partial charge >= 0.3 is 0 Å². The third-order valence-electron chi connectivity index (χ3n) is 3.81. The Hall–Kier alpha value is -1.46. The lowest BCUT2D eigenvalue weighted by molar-refractivity contribution is -0.133. The van der Waals surface area contributed by atoms with Crippen molar-refractivity contribution in [1.29, 1.82) is 0 Å². The quantitative estimate of drug-likeness (QED) is 0.829. The fourth-order valence-electron chi connectivity index (χ4n) is 2.52. The second-order valence-electron chi connectivity index (χ2n) is 5.33. The number of carbonyl (C=O) groups excluding carboxylic acids is 1. The molecule has 1 amide bonds. The van der Waals surface area contributed by atoms with Gasteiger partial charge in [-0.3, -0.25) is 9.78 Å². The van der Waals surface area contributed by atoms with Gasteiger partial charge in [-0.05, 0) is 50.6 Å². The first-order valence-corrected chi connectivity index (χ1v) is 7.78. The first-order chi connectivity index (χ1) is 10.3. The molecule has 2 heterocycles. The van der Waals surface area contributed by atoms with Crippen LogP contribution in [0.3, 0.4) is 0 Å². The molecule has 2 rings (SSSR count). The zero-order chi connectivity index (χ0) is 14.9. The third kappa shape index (κ3) is 5.44. The van der Waals surface area contributed by atoms with Crippen LogP contribution in [0.15, 0.2) is 24.5 Å². The molecule has 21 heavy (non-hydrogen) atoms. The van der Waals surface area contributed by atoms with E-state index in [2.05, 4.69) is 10.3 Å². The monoisotopic (exact) mass is 291 g/mol. The number of pyridine rings is 1. The van der Waals surface area contributed by atoms with Crippen molar-refractivity contribution in [2.24, 2.45) is 0 Å². The predicted octanol–water partition coefficient (Wildman–Crippen LogP) is 1.59. The van der Waals surface area contributed by atoms with Gasteiger partial charge in [0.2, 0.25) is 5.91 Å². The Kier molecular flexibility index (Phi) is 6.63. The molecule has 116 valence electrons. The topological polar surface area (TPSA) is 54.5 Å². The van der Waals surface area contributed by atoms with Gasteiger partial charge < -0.3 is 15.0 Å². The summed E-state index contributed by atoms with van der Waals surface area (Å²) >= 11 is 0. The summed E-state index contributed by atoms with van der Waals surface area (Å²) in [5.74, 6) is 0.156. The molecule has 1 saturated heterocycles. The van der Waals surface area contributed by atoms with Crippen molar-refractivity contribution >= 4 is 5.91 Å². The van der Waals surface area contributed by atoms with Crippen molar-refractivity contribution < 1.29 is 9.53 Å². The number of amides is 1. The lowest BCUT2D eigenvalue weighted by Crippen LogP contribution is -2.34. The molecule has 5 heteroatoms. The van der Waals surface area contributed by atoms with Gasteiger partial charge in [0.1, 0.15) is 0 Å². The van der Waals surface area contributed by atoms with Gasteiger partial charge in [0.25, 0.3) is 0 Å². The summed E-state index contributed by atoms with van der Waals surface area (Å²) in [5.41, 5.74) is 1.11. The molecule has 0 atom stereocenters. The molecule has 0 aliphatic carbocycles. The molecule has 0 bridgehead atoms. The SMILES string of the molecule is CCN(Cc1ccncc1)C(=O)CCOC1CCNCC1. The molecule has 0 saturated carbocycles. The van der Waals surface area contributed by atoms with E-state index in [0.717, 1.165) is 31.5 Å². The molecule has 0 unspecified atom stereocenters. The van der Waals surface area contributed by atoms with Gasteiger partial charge in [0.15, 0.2) is 0 Å². The van der Waals surface area contributed by atoms with E-state index in [1.165, 1.54) is 0 Å². The molecule has 1 aliphatic heterocycles. The minimum Gasteiger partial charge on any atom is -0.378 e. The van der Waals surface area contributed by atoms with E-state index >= 15 is 0 Å². The number of carbonyl (C=O) groups is 1. The minimum atomic E-state index is 0.156. The van der Waals surface area contributed by atoms with Gasteiger partial charge in [-0.25, -0.2) is 0 Å². The van der Waals surface area contributed by atoms with Gasteiger partial charge in [-0.15, -0.1) is 0 Å². The van der Waals surface area contributed by atoms with E-state index in [-0.39, 0.29) is 5.91 Å². The number of nitrogens with one attached hydrogen (secondary N) is 1. The molecular weight excluding hydrogens is 266 g/mol. The van der Waals surface area contributed by atoms with Crippen molar-refractivity contribution in [3.63, 3.8) is 0 Å². The Morgan fingerprint density at radius 2 is 2.10 bits per heavy atom. The predicted molar refractivity (Wildman–Crippen MR) is 81.8 cm³/mol. The number of rotatable bonds is 7. The fourth-order valence-corrected chi connectivity index (χ4v) is 2.52. The number of aromatic nitrogens is 1. The highest BCUT2D eigenvalue weighted by atomic mass is 16.5. The van der Waals surface area contributed by atoms with Crippen LogP contribution in [-0.2, 0) is 16.1 Å². The van der Waals surface area contributed by atoms with E-state index in [9.17, 15) is 4.79 Å². The average Bonchev–Trinajstić information content (AvgIpc) is 2.54. The number of ether oxygens (including phenoxy) is 1. The third-order valence-corrected chi connectivity index (χ3v) is 3.81. The van der Waals surface area contributed by atoms with Gasteiger partial charge in [-0.1, -0.05) is 0 Å². The molecule has 1 N–H and O–H groups in total. The standard InChI is InChI=1S/C16H25N3O2/c1-2-19(13-14-3-8-17-9-4-14)16(20)7-12-21-15-5-10-18-11-6-15/h3-4,8-9,15,18H,2,5-7,10-13H2,1H3. The smallest absolute Gasteiger partial charge is 0.225 e. The molecular formula is C16H25N3O2. The van der Waals surface area contributed by atoms with Crippen LogP contribution >= 0.6 is 0 Å². The lowest BCUT2D eigenvalue weighted by Gasteiger charge is -2.24. The average molecular weight is 291 g/mol. The number of nitrogens with zero attached hydrogens (tertiary/aromatic N) is 2. The van der Waals surface area contributed by atoms with Crippen molar-refractivity contribution in [2.45, 2.75) is 38.8 Å². The Morgan fingerprint density at radius 3 is 2.76 bits per heavy atom. The molecule has 0 radical (unpaired) electrons. The maximum Gasteiger partial charge on any atom is 0.225 e. The summed E-state index contributed by atoms with van der Waals surface area (Å²) in [6.07, 6.45) is 6.38. The molecule has 1 aromatic rings. The molecule has 1 aromatic heterocycles. The summed E-state index contributed by atoms with van der Waals surface area (Å²) in [6.45, 7) is 5.92. The lowest BCUT2D eigenvalue weighted by atomic mass is 10.1. The zero-order valence-electron chi connectivity index (χ0n) is 12.8. The Bertz CT molecular complexity index is 419. The molecule has 0 aromatic carbocycles. The van der Waals surface area contributed by atoms with Crippen LogP contribution in [0.25, 0.3) is 0 Å². The van der Waals surface area contributed by atoms with Crippen molar-refractivity contribution in [2.75, 3.05) is 26.2 Å². The van der Waals surface area contributed by atoms with E-state index in [1.54, 1.807) is 12.4 Å².